The second-order valence-corrected chi connectivity index (χ2v) is 9.06. The number of carboxylic acids is 1. The minimum atomic E-state index is -4.55. The summed E-state index contributed by atoms with van der Waals surface area (Å²) in [5.41, 5.74) is -1.24. The summed E-state index contributed by atoms with van der Waals surface area (Å²) >= 11 is 0. The maximum absolute atomic E-state index is 13.5. The fraction of sp³-hybridized carbons (Fsp3) is 0.435. The molecule has 1 atom stereocenters. The Kier molecular flexibility index (Phi) is 5.97. The molecule has 1 aliphatic heterocycles. The van der Waals surface area contributed by atoms with E-state index in [0.29, 0.717) is 24.9 Å². The van der Waals surface area contributed by atoms with Gasteiger partial charge in [-0.25, -0.2) is 4.98 Å². The third kappa shape index (κ3) is 4.92. The van der Waals surface area contributed by atoms with E-state index in [2.05, 4.69) is 10.1 Å². The molecule has 1 aliphatic rings. The lowest BCUT2D eigenvalue weighted by atomic mass is 9.82. The van der Waals surface area contributed by atoms with Crippen molar-refractivity contribution in [3.8, 4) is 11.3 Å². The first kappa shape index (κ1) is 24.8. The summed E-state index contributed by atoms with van der Waals surface area (Å²) in [4.78, 5) is 17.7. The molecule has 1 aromatic carbocycles. The highest BCUT2D eigenvalue weighted by Crippen LogP contribution is 2.38. The molecule has 3 heterocycles. The lowest BCUT2D eigenvalue weighted by molar-refractivity contribution is -0.148. The fourth-order valence-electron chi connectivity index (χ4n) is 4.43. The largest absolute Gasteiger partial charge is 0.481 e. The molecular weight excluding hydrogens is 478 g/mol. The second kappa shape index (κ2) is 8.42. The summed E-state index contributed by atoms with van der Waals surface area (Å²) in [5.74, 6) is -0.956. The quantitative estimate of drug-likeness (QED) is 0.478. The Bertz CT molecular complexity index is 1270. The number of hydrogen-bond donors (Lipinski definition) is 1. The van der Waals surface area contributed by atoms with Crippen molar-refractivity contribution >= 4 is 17.4 Å². The topological polar surface area (TPSA) is 70.7 Å². The fourth-order valence-corrected chi connectivity index (χ4v) is 4.43. The number of benzene rings is 1. The molecule has 0 bridgehead atoms. The minimum absolute atomic E-state index is 0.0266. The van der Waals surface area contributed by atoms with Crippen molar-refractivity contribution in [2.75, 3.05) is 18.0 Å². The van der Waals surface area contributed by atoms with Gasteiger partial charge in [0.1, 0.15) is 5.82 Å². The number of anilines is 1. The molecule has 4 rings (SSSR count). The van der Waals surface area contributed by atoms with Crippen LogP contribution < -0.4 is 4.90 Å². The van der Waals surface area contributed by atoms with Gasteiger partial charge >= 0.3 is 18.3 Å². The van der Waals surface area contributed by atoms with Crippen LogP contribution in [0.15, 0.2) is 30.3 Å². The number of nitrogens with zero attached hydrogens (tertiary/aromatic N) is 4. The number of aromatic nitrogens is 3. The molecule has 1 N–H and O–H groups in total. The average Bonchev–Trinajstić information content (AvgIpc) is 3.16. The molecule has 3 aromatic rings. The Morgan fingerprint density at radius 2 is 1.80 bits per heavy atom. The Hall–Kier alpha value is -3.31. The van der Waals surface area contributed by atoms with Crippen LogP contribution in [-0.4, -0.2) is 44.9 Å². The van der Waals surface area contributed by atoms with Gasteiger partial charge in [-0.15, -0.1) is 0 Å². The summed E-state index contributed by atoms with van der Waals surface area (Å²) < 4.78 is 80.5. The predicted molar refractivity (Wildman–Crippen MR) is 115 cm³/mol. The van der Waals surface area contributed by atoms with Crippen molar-refractivity contribution in [1.29, 1.82) is 0 Å². The minimum Gasteiger partial charge on any atom is -0.481 e. The van der Waals surface area contributed by atoms with Gasteiger partial charge in [-0.3, -0.25) is 4.79 Å². The van der Waals surface area contributed by atoms with Crippen LogP contribution in [0.1, 0.15) is 36.6 Å². The van der Waals surface area contributed by atoms with Crippen molar-refractivity contribution in [2.45, 2.75) is 45.5 Å². The van der Waals surface area contributed by atoms with Crippen LogP contribution >= 0.6 is 0 Å². The number of aryl methyl sites for hydroxylation is 1. The molecular formula is C23H22F6N4O2. The van der Waals surface area contributed by atoms with Crippen molar-refractivity contribution < 1.29 is 36.2 Å². The predicted octanol–water partition coefficient (Wildman–Crippen LogP) is 5.52. The van der Waals surface area contributed by atoms with E-state index in [4.69, 9.17) is 0 Å². The average molecular weight is 500 g/mol. The number of halogens is 6. The highest BCUT2D eigenvalue weighted by atomic mass is 19.4. The van der Waals surface area contributed by atoms with Crippen LogP contribution in [0, 0.1) is 12.3 Å². The van der Waals surface area contributed by atoms with E-state index in [1.165, 1.54) is 29.6 Å². The molecule has 12 heteroatoms. The van der Waals surface area contributed by atoms with Crippen LogP contribution in [0.3, 0.4) is 0 Å². The first-order chi connectivity index (χ1) is 16.2. The standard InChI is InChI=1S/C23H22F6N4O2/c1-13-16(11-22(24,25)26)19(32-9-3-8-21(2,12-32)20(34)35)33-18(30-13)10-17(31-33)14-4-6-15(7-5-14)23(27,28)29/h4-7,10H,3,8-9,11-12H2,1-2H3,(H,34,35). The summed E-state index contributed by atoms with van der Waals surface area (Å²) in [6.07, 6.45) is -9.53. The van der Waals surface area contributed by atoms with Gasteiger partial charge in [0.05, 0.1) is 23.1 Å². The molecule has 35 heavy (non-hydrogen) atoms. The first-order valence-corrected chi connectivity index (χ1v) is 10.8. The zero-order valence-electron chi connectivity index (χ0n) is 18.8. The van der Waals surface area contributed by atoms with E-state index in [1.54, 1.807) is 11.8 Å². The number of alkyl halides is 6. The van der Waals surface area contributed by atoms with Crippen LogP contribution in [-0.2, 0) is 17.4 Å². The van der Waals surface area contributed by atoms with Gasteiger partial charge in [-0.05, 0) is 38.8 Å². The summed E-state index contributed by atoms with van der Waals surface area (Å²) in [6, 6.07) is 5.75. The van der Waals surface area contributed by atoms with Gasteiger partial charge < -0.3 is 10.0 Å². The molecule has 0 amide bonds. The summed E-state index contributed by atoms with van der Waals surface area (Å²) in [6.45, 7) is 3.28. The van der Waals surface area contributed by atoms with E-state index >= 15 is 0 Å². The number of rotatable bonds is 4. The van der Waals surface area contributed by atoms with Crippen LogP contribution in [0.4, 0.5) is 32.2 Å². The molecule has 1 saturated heterocycles. The molecule has 2 aromatic heterocycles. The molecule has 1 unspecified atom stereocenters. The van der Waals surface area contributed by atoms with Crippen LogP contribution in [0.2, 0.25) is 0 Å². The lowest BCUT2D eigenvalue weighted by Crippen LogP contribution is -2.47. The highest BCUT2D eigenvalue weighted by Gasteiger charge is 2.41. The SMILES string of the molecule is Cc1nc2cc(-c3ccc(C(F)(F)F)cc3)nn2c(N2CCCC(C)(C(=O)O)C2)c1CC(F)(F)F. The number of fused-ring (bicyclic) bond motifs is 1. The van der Waals surface area contributed by atoms with Gasteiger partial charge in [0, 0.05) is 36.0 Å². The van der Waals surface area contributed by atoms with Crippen LogP contribution in [0.5, 0.6) is 0 Å². The molecule has 0 spiro atoms. The van der Waals surface area contributed by atoms with Crippen molar-refractivity contribution in [3.05, 3.63) is 47.2 Å². The van der Waals surface area contributed by atoms with Crippen LogP contribution in [0.25, 0.3) is 16.9 Å². The van der Waals surface area contributed by atoms with E-state index in [0.717, 1.165) is 12.1 Å². The Morgan fingerprint density at radius 3 is 2.37 bits per heavy atom. The lowest BCUT2D eigenvalue weighted by Gasteiger charge is -2.39. The van der Waals surface area contributed by atoms with Crippen molar-refractivity contribution in [3.63, 3.8) is 0 Å². The molecule has 0 saturated carbocycles. The number of hydrogen-bond acceptors (Lipinski definition) is 4. The van der Waals surface area contributed by atoms with Gasteiger partial charge in [0.25, 0.3) is 0 Å². The molecule has 6 nitrogen and oxygen atoms in total. The Labute approximate surface area is 196 Å². The highest BCUT2D eigenvalue weighted by molar-refractivity contribution is 5.76. The zero-order valence-corrected chi connectivity index (χ0v) is 18.8. The monoisotopic (exact) mass is 500 g/mol. The second-order valence-electron chi connectivity index (χ2n) is 9.06. The van der Waals surface area contributed by atoms with Gasteiger partial charge in [0.15, 0.2) is 5.65 Å². The smallest absolute Gasteiger partial charge is 0.416 e. The number of carboxylic acid groups (broad SMARTS) is 1. The molecule has 188 valence electrons. The number of piperidine rings is 1. The van der Waals surface area contributed by atoms with Crippen molar-refractivity contribution in [2.24, 2.45) is 5.41 Å². The van der Waals surface area contributed by atoms with E-state index < -0.39 is 35.7 Å². The molecule has 0 aliphatic carbocycles. The van der Waals surface area contributed by atoms with Gasteiger partial charge in [-0.1, -0.05) is 12.1 Å². The third-order valence-corrected chi connectivity index (χ3v) is 6.28. The maximum Gasteiger partial charge on any atom is 0.416 e. The maximum atomic E-state index is 13.5. The van der Waals surface area contributed by atoms with Gasteiger partial charge in [0.2, 0.25) is 0 Å². The summed E-state index contributed by atoms with van der Waals surface area (Å²) in [7, 11) is 0. The first-order valence-electron chi connectivity index (χ1n) is 10.8. The van der Waals surface area contributed by atoms with Crippen molar-refractivity contribution in [1.82, 2.24) is 14.6 Å². The molecule has 1 fully saturated rings. The zero-order chi connectivity index (χ0) is 25.8. The van der Waals surface area contributed by atoms with E-state index in [9.17, 15) is 36.2 Å². The normalized spacial score (nSPS) is 19.4. The summed E-state index contributed by atoms with van der Waals surface area (Å²) in [5, 5.41) is 14.1. The number of carbonyl (C=O) groups is 1. The Morgan fingerprint density at radius 1 is 1.14 bits per heavy atom. The Balaban J connectivity index is 1.87. The van der Waals surface area contributed by atoms with E-state index in [1.807, 2.05) is 0 Å². The van der Waals surface area contributed by atoms with E-state index in [-0.39, 0.29) is 35.0 Å². The third-order valence-electron chi connectivity index (χ3n) is 6.28. The number of aliphatic carboxylic acids is 1. The van der Waals surface area contributed by atoms with Gasteiger partial charge in [-0.2, -0.15) is 36.0 Å². The molecule has 0 radical (unpaired) electrons.